The molecule has 1 aliphatic rings. The standard InChI is InChI=1S/C6H9NO2.C2H6/c1-7-5(8)3-2-4-6(7)9;1-2/h2-4H2,1H3;1-2H3. The van der Waals surface area contributed by atoms with Gasteiger partial charge in [0.05, 0.1) is 0 Å². The molecule has 0 N–H and O–H groups in total. The fraction of sp³-hybridized carbons (Fsp3) is 0.750. The second-order valence-electron chi connectivity index (χ2n) is 2.20. The van der Waals surface area contributed by atoms with Crippen LogP contribution in [0.5, 0.6) is 0 Å². The molecule has 3 heteroatoms. The van der Waals surface area contributed by atoms with Crippen LogP contribution in [0.25, 0.3) is 0 Å². The van der Waals surface area contributed by atoms with Crippen LogP contribution in [0.3, 0.4) is 0 Å². The van der Waals surface area contributed by atoms with E-state index < -0.39 is 0 Å². The number of amides is 2. The molecule has 1 aliphatic heterocycles. The van der Waals surface area contributed by atoms with Crippen LogP contribution in [0.1, 0.15) is 33.1 Å². The molecule has 2 amide bonds. The Labute approximate surface area is 67.4 Å². The van der Waals surface area contributed by atoms with Gasteiger partial charge in [-0.3, -0.25) is 14.5 Å². The zero-order chi connectivity index (χ0) is 8.85. The number of carbonyl (C=O) groups is 2. The predicted molar refractivity (Wildman–Crippen MR) is 43.0 cm³/mol. The maximum Gasteiger partial charge on any atom is 0.228 e. The van der Waals surface area contributed by atoms with Crippen molar-refractivity contribution in [2.75, 3.05) is 7.05 Å². The molecule has 0 bridgehead atoms. The predicted octanol–water partition coefficient (Wildman–Crippen LogP) is 1.18. The zero-order valence-electron chi connectivity index (χ0n) is 7.39. The summed E-state index contributed by atoms with van der Waals surface area (Å²) >= 11 is 0. The largest absolute Gasteiger partial charge is 0.286 e. The lowest BCUT2D eigenvalue weighted by atomic mass is 10.1. The zero-order valence-corrected chi connectivity index (χ0v) is 7.39. The summed E-state index contributed by atoms with van der Waals surface area (Å²) in [4.78, 5) is 22.6. The topological polar surface area (TPSA) is 37.4 Å². The number of imide groups is 1. The van der Waals surface area contributed by atoms with Crippen molar-refractivity contribution >= 4 is 11.8 Å². The van der Waals surface area contributed by atoms with Crippen LogP contribution in [0.4, 0.5) is 0 Å². The summed E-state index contributed by atoms with van der Waals surface area (Å²) < 4.78 is 0. The molecular formula is C8H15NO2. The van der Waals surface area contributed by atoms with Crippen molar-refractivity contribution in [2.45, 2.75) is 33.1 Å². The van der Waals surface area contributed by atoms with E-state index in [4.69, 9.17) is 0 Å². The molecule has 1 saturated heterocycles. The highest BCUT2D eigenvalue weighted by Gasteiger charge is 2.20. The highest BCUT2D eigenvalue weighted by molar-refractivity contribution is 5.97. The van der Waals surface area contributed by atoms with E-state index in [0.29, 0.717) is 12.8 Å². The number of rotatable bonds is 0. The fourth-order valence-electron chi connectivity index (χ4n) is 0.865. The number of piperidine rings is 1. The molecular weight excluding hydrogens is 142 g/mol. The SMILES string of the molecule is CC.CN1C(=O)CCCC1=O. The van der Waals surface area contributed by atoms with Crippen molar-refractivity contribution < 1.29 is 9.59 Å². The Morgan fingerprint density at radius 3 is 1.73 bits per heavy atom. The second-order valence-corrected chi connectivity index (χ2v) is 2.20. The Bertz CT molecular complexity index is 138. The van der Waals surface area contributed by atoms with E-state index >= 15 is 0 Å². The van der Waals surface area contributed by atoms with Crippen LogP contribution < -0.4 is 0 Å². The van der Waals surface area contributed by atoms with Crippen LogP contribution >= 0.6 is 0 Å². The van der Waals surface area contributed by atoms with Crippen molar-refractivity contribution in [1.82, 2.24) is 4.90 Å². The highest BCUT2D eigenvalue weighted by atomic mass is 16.2. The van der Waals surface area contributed by atoms with Crippen molar-refractivity contribution in [3.63, 3.8) is 0 Å². The number of likely N-dealkylation sites (tertiary alicyclic amines) is 1. The minimum Gasteiger partial charge on any atom is -0.286 e. The van der Waals surface area contributed by atoms with E-state index in [0.717, 1.165) is 6.42 Å². The van der Waals surface area contributed by atoms with E-state index in [-0.39, 0.29) is 11.8 Å². The molecule has 1 rings (SSSR count). The van der Waals surface area contributed by atoms with Gasteiger partial charge in [0.25, 0.3) is 0 Å². The Balaban J connectivity index is 0.000000461. The van der Waals surface area contributed by atoms with Gasteiger partial charge < -0.3 is 0 Å². The third kappa shape index (κ3) is 2.70. The maximum absolute atomic E-state index is 10.7. The Kier molecular flexibility index (Phi) is 4.50. The summed E-state index contributed by atoms with van der Waals surface area (Å²) in [6, 6.07) is 0. The quantitative estimate of drug-likeness (QED) is 0.495. The monoisotopic (exact) mass is 157 g/mol. The van der Waals surface area contributed by atoms with Gasteiger partial charge in [-0.05, 0) is 6.42 Å². The molecule has 0 aliphatic carbocycles. The highest BCUT2D eigenvalue weighted by Crippen LogP contribution is 2.08. The molecule has 0 aromatic carbocycles. The average Bonchev–Trinajstić information content (AvgIpc) is 2.04. The van der Waals surface area contributed by atoms with Gasteiger partial charge in [-0.15, -0.1) is 0 Å². The fourth-order valence-corrected chi connectivity index (χ4v) is 0.865. The van der Waals surface area contributed by atoms with Crippen LogP contribution in [-0.4, -0.2) is 23.8 Å². The van der Waals surface area contributed by atoms with Gasteiger partial charge in [0.2, 0.25) is 11.8 Å². The summed E-state index contributed by atoms with van der Waals surface area (Å²) in [5.41, 5.74) is 0. The summed E-state index contributed by atoms with van der Waals surface area (Å²) in [5.74, 6) is -0.0995. The number of nitrogens with zero attached hydrogens (tertiary/aromatic N) is 1. The first-order valence-electron chi connectivity index (χ1n) is 4.01. The summed E-state index contributed by atoms with van der Waals surface area (Å²) in [6.07, 6.45) is 1.78. The normalized spacial score (nSPS) is 17.5. The summed E-state index contributed by atoms with van der Waals surface area (Å²) in [7, 11) is 1.53. The minimum atomic E-state index is -0.0498. The first-order chi connectivity index (χ1) is 5.22. The lowest BCUT2D eigenvalue weighted by Gasteiger charge is -2.19. The van der Waals surface area contributed by atoms with Gasteiger partial charge in [-0.25, -0.2) is 0 Å². The van der Waals surface area contributed by atoms with Gasteiger partial charge in [0.15, 0.2) is 0 Å². The smallest absolute Gasteiger partial charge is 0.228 e. The van der Waals surface area contributed by atoms with E-state index in [1.807, 2.05) is 13.8 Å². The van der Waals surface area contributed by atoms with Gasteiger partial charge >= 0.3 is 0 Å². The van der Waals surface area contributed by atoms with E-state index in [1.165, 1.54) is 11.9 Å². The molecule has 11 heavy (non-hydrogen) atoms. The summed E-state index contributed by atoms with van der Waals surface area (Å²) in [5, 5.41) is 0. The van der Waals surface area contributed by atoms with E-state index in [2.05, 4.69) is 0 Å². The molecule has 0 aromatic heterocycles. The molecule has 0 radical (unpaired) electrons. The molecule has 1 fully saturated rings. The van der Waals surface area contributed by atoms with E-state index in [1.54, 1.807) is 0 Å². The van der Waals surface area contributed by atoms with E-state index in [9.17, 15) is 9.59 Å². The Hall–Kier alpha value is -0.860. The Morgan fingerprint density at radius 1 is 1.09 bits per heavy atom. The molecule has 0 spiro atoms. The van der Waals surface area contributed by atoms with Gasteiger partial charge in [0.1, 0.15) is 0 Å². The maximum atomic E-state index is 10.7. The second kappa shape index (κ2) is 4.88. The lowest BCUT2D eigenvalue weighted by molar-refractivity contribution is -0.146. The molecule has 0 saturated carbocycles. The van der Waals surface area contributed by atoms with Crippen LogP contribution in [0, 0.1) is 0 Å². The first kappa shape index (κ1) is 10.1. The van der Waals surface area contributed by atoms with Gasteiger partial charge in [-0.2, -0.15) is 0 Å². The van der Waals surface area contributed by atoms with Crippen molar-refractivity contribution in [3.05, 3.63) is 0 Å². The average molecular weight is 157 g/mol. The van der Waals surface area contributed by atoms with Crippen molar-refractivity contribution in [1.29, 1.82) is 0 Å². The number of hydrogen-bond acceptors (Lipinski definition) is 2. The molecule has 3 nitrogen and oxygen atoms in total. The lowest BCUT2D eigenvalue weighted by Crippen LogP contribution is -2.36. The molecule has 64 valence electrons. The van der Waals surface area contributed by atoms with Crippen molar-refractivity contribution in [2.24, 2.45) is 0 Å². The number of hydrogen-bond donors (Lipinski definition) is 0. The molecule has 0 atom stereocenters. The van der Waals surface area contributed by atoms with Gasteiger partial charge in [-0.1, -0.05) is 13.8 Å². The third-order valence-corrected chi connectivity index (χ3v) is 1.53. The first-order valence-corrected chi connectivity index (χ1v) is 4.01. The molecule has 0 aromatic rings. The minimum absolute atomic E-state index is 0.0498. The van der Waals surface area contributed by atoms with Crippen LogP contribution in [0.15, 0.2) is 0 Å². The van der Waals surface area contributed by atoms with Crippen LogP contribution in [0.2, 0.25) is 0 Å². The molecule has 1 heterocycles. The van der Waals surface area contributed by atoms with Crippen LogP contribution in [-0.2, 0) is 9.59 Å². The third-order valence-electron chi connectivity index (χ3n) is 1.53. The molecule has 0 unspecified atom stereocenters. The Morgan fingerprint density at radius 2 is 1.45 bits per heavy atom. The van der Waals surface area contributed by atoms with Gasteiger partial charge in [0, 0.05) is 19.9 Å². The summed E-state index contributed by atoms with van der Waals surface area (Å²) in [6.45, 7) is 4.00. The number of carbonyl (C=O) groups excluding carboxylic acids is 2. The van der Waals surface area contributed by atoms with Crippen molar-refractivity contribution in [3.8, 4) is 0 Å².